The summed E-state index contributed by atoms with van der Waals surface area (Å²) in [5.41, 5.74) is 3.13. The standard InChI is InChI=1S/C28H36N6O3/c1-2-3-15-33(16-5-14-32-17-19-37-20-18-32)27(36)23-12-8-21(9-13-23)24-6-4-7-25-29-28(31-34(24)25)30-26(35)22-10-11-22/h4,6-9,12-13,22H,2-3,5,10-11,14-20H2,1H3,(H,30,31,35). The number of amides is 2. The summed E-state index contributed by atoms with van der Waals surface area (Å²) < 4.78 is 7.17. The highest BCUT2D eigenvalue weighted by Gasteiger charge is 2.30. The van der Waals surface area contributed by atoms with Gasteiger partial charge < -0.3 is 9.64 Å². The molecule has 1 aliphatic heterocycles. The molecule has 2 amide bonds. The molecular weight excluding hydrogens is 468 g/mol. The fourth-order valence-electron chi connectivity index (χ4n) is 4.67. The lowest BCUT2D eigenvalue weighted by Gasteiger charge is -2.28. The molecule has 9 nitrogen and oxygen atoms in total. The van der Waals surface area contributed by atoms with Crippen molar-refractivity contribution in [2.24, 2.45) is 5.92 Å². The molecule has 37 heavy (non-hydrogen) atoms. The number of fused-ring (bicyclic) bond motifs is 1. The summed E-state index contributed by atoms with van der Waals surface area (Å²) >= 11 is 0. The van der Waals surface area contributed by atoms with Crippen LogP contribution in [0.4, 0.5) is 5.95 Å². The number of hydrogen-bond acceptors (Lipinski definition) is 6. The second-order valence-corrected chi connectivity index (χ2v) is 9.91. The van der Waals surface area contributed by atoms with Crippen LogP contribution in [0.1, 0.15) is 49.4 Å². The molecule has 1 saturated heterocycles. The highest BCUT2D eigenvalue weighted by atomic mass is 16.5. The molecule has 1 saturated carbocycles. The SMILES string of the molecule is CCCCN(CCCN1CCOCC1)C(=O)c1ccc(-c2cccc3nc(NC(=O)C4CC4)nn23)cc1. The number of nitrogens with zero attached hydrogens (tertiary/aromatic N) is 5. The summed E-state index contributed by atoms with van der Waals surface area (Å²) in [4.78, 5) is 34.4. The first-order valence-electron chi connectivity index (χ1n) is 13.5. The molecule has 9 heteroatoms. The summed E-state index contributed by atoms with van der Waals surface area (Å²) in [6.07, 6.45) is 4.87. The summed E-state index contributed by atoms with van der Waals surface area (Å²) in [6.45, 7) is 8.20. The summed E-state index contributed by atoms with van der Waals surface area (Å²) in [5, 5.41) is 7.34. The van der Waals surface area contributed by atoms with Gasteiger partial charge in [0.05, 0.1) is 18.9 Å². The molecule has 1 N–H and O–H groups in total. The zero-order chi connectivity index (χ0) is 25.6. The van der Waals surface area contributed by atoms with Gasteiger partial charge in [0.1, 0.15) is 0 Å². The Morgan fingerprint density at radius 2 is 1.81 bits per heavy atom. The van der Waals surface area contributed by atoms with Crippen LogP contribution in [0.3, 0.4) is 0 Å². The molecule has 0 unspecified atom stereocenters. The first-order chi connectivity index (χ1) is 18.1. The number of aromatic nitrogens is 3. The molecule has 5 rings (SSSR count). The predicted molar refractivity (Wildman–Crippen MR) is 142 cm³/mol. The van der Waals surface area contributed by atoms with Crippen molar-refractivity contribution in [3.05, 3.63) is 48.0 Å². The van der Waals surface area contributed by atoms with E-state index >= 15 is 0 Å². The summed E-state index contributed by atoms with van der Waals surface area (Å²) in [7, 11) is 0. The average molecular weight is 505 g/mol. The maximum Gasteiger partial charge on any atom is 0.253 e. The zero-order valence-corrected chi connectivity index (χ0v) is 21.6. The van der Waals surface area contributed by atoms with E-state index in [1.165, 1.54) is 0 Å². The van der Waals surface area contributed by atoms with Gasteiger partial charge in [-0.15, -0.1) is 5.10 Å². The number of morpholine rings is 1. The Hall–Kier alpha value is -3.30. The van der Waals surface area contributed by atoms with Crippen molar-refractivity contribution in [3.63, 3.8) is 0 Å². The number of benzene rings is 1. The van der Waals surface area contributed by atoms with E-state index < -0.39 is 0 Å². The topological polar surface area (TPSA) is 92.1 Å². The third-order valence-electron chi connectivity index (χ3n) is 7.05. The van der Waals surface area contributed by atoms with Crippen LogP contribution in [0.15, 0.2) is 42.5 Å². The van der Waals surface area contributed by atoms with Gasteiger partial charge in [-0.3, -0.25) is 19.8 Å². The highest BCUT2D eigenvalue weighted by molar-refractivity contribution is 5.95. The minimum atomic E-state index is -0.0158. The molecule has 3 heterocycles. The Kier molecular flexibility index (Phi) is 8.11. The van der Waals surface area contributed by atoms with Crippen LogP contribution >= 0.6 is 0 Å². The quantitative estimate of drug-likeness (QED) is 0.428. The molecule has 1 aromatic carbocycles. The number of anilines is 1. The number of nitrogens with one attached hydrogen (secondary N) is 1. The molecule has 2 aliphatic rings. The Morgan fingerprint density at radius 1 is 1.05 bits per heavy atom. The molecule has 0 radical (unpaired) electrons. The van der Waals surface area contributed by atoms with Crippen molar-refractivity contribution in [2.75, 3.05) is 51.3 Å². The van der Waals surface area contributed by atoms with E-state index in [-0.39, 0.29) is 17.7 Å². The lowest BCUT2D eigenvalue weighted by Crippen LogP contribution is -2.39. The minimum Gasteiger partial charge on any atom is -0.379 e. The van der Waals surface area contributed by atoms with Crippen LogP contribution in [-0.2, 0) is 9.53 Å². The van der Waals surface area contributed by atoms with E-state index in [2.05, 4.69) is 27.2 Å². The fraction of sp³-hybridized carbons (Fsp3) is 0.500. The first kappa shape index (κ1) is 25.4. The number of pyridine rings is 1. The van der Waals surface area contributed by atoms with Crippen molar-refractivity contribution in [1.82, 2.24) is 24.4 Å². The third-order valence-corrected chi connectivity index (χ3v) is 7.05. The fourth-order valence-corrected chi connectivity index (χ4v) is 4.67. The van der Waals surface area contributed by atoms with Crippen molar-refractivity contribution < 1.29 is 14.3 Å². The second kappa shape index (κ2) is 11.8. The van der Waals surface area contributed by atoms with E-state index in [0.717, 1.165) is 89.3 Å². The van der Waals surface area contributed by atoms with Crippen LogP contribution in [0.25, 0.3) is 16.9 Å². The maximum absolute atomic E-state index is 13.4. The van der Waals surface area contributed by atoms with E-state index in [9.17, 15) is 9.59 Å². The Labute approximate surface area is 217 Å². The van der Waals surface area contributed by atoms with Crippen LogP contribution < -0.4 is 5.32 Å². The van der Waals surface area contributed by atoms with Crippen LogP contribution in [0.2, 0.25) is 0 Å². The van der Waals surface area contributed by atoms with E-state index in [4.69, 9.17) is 4.74 Å². The normalized spacial score (nSPS) is 16.1. The second-order valence-electron chi connectivity index (χ2n) is 9.91. The highest BCUT2D eigenvalue weighted by Crippen LogP contribution is 2.30. The van der Waals surface area contributed by atoms with Gasteiger partial charge in [-0.05, 0) is 49.9 Å². The van der Waals surface area contributed by atoms with Gasteiger partial charge in [-0.2, -0.15) is 4.98 Å². The lowest BCUT2D eigenvalue weighted by molar-refractivity contribution is -0.117. The van der Waals surface area contributed by atoms with Crippen molar-refractivity contribution in [3.8, 4) is 11.3 Å². The molecule has 1 aliphatic carbocycles. The molecule has 196 valence electrons. The van der Waals surface area contributed by atoms with Crippen LogP contribution in [-0.4, -0.2) is 82.1 Å². The number of carbonyl (C=O) groups excluding carboxylic acids is 2. The summed E-state index contributed by atoms with van der Waals surface area (Å²) in [5.74, 6) is 0.469. The zero-order valence-electron chi connectivity index (χ0n) is 21.6. The molecular formula is C28H36N6O3. The number of hydrogen-bond donors (Lipinski definition) is 1. The lowest BCUT2D eigenvalue weighted by atomic mass is 10.1. The first-order valence-corrected chi connectivity index (χ1v) is 13.5. The van der Waals surface area contributed by atoms with Crippen molar-refractivity contribution >= 4 is 23.4 Å². The van der Waals surface area contributed by atoms with Gasteiger partial charge in [0.25, 0.3) is 5.91 Å². The van der Waals surface area contributed by atoms with E-state index in [0.29, 0.717) is 17.2 Å². The van der Waals surface area contributed by atoms with Gasteiger partial charge in [-0.1, -0.05) is 31.5 Å². The average Bonchev–Trinajstić information content (AvgIpc) is 3.70. The monoisotopic (exact) mass is 504 g/mol. The maximum atomic E-state index is 13.4. The number of ether oxygens (including phenoxy) is 1. The Morgan fingerprint density at radius 3 is 2.54 bits per heavy atom. The van der Waals surface area contributed by atoms with Gasteiger partial charge in [-0.25, -0.2) is 4.52 Å². The van der Waals surface area contributed by atoms with Gasteiger partial charge >= 0.3 is 0 Å². The van der Waals surface area contributed by atoms with Gasteiger partial charge in [0.2, 0.25) is 11.9 Å². The van der Waals surface area contributed by atoms with Crippen molar-refractivity contribution in [2.45, 2.75) is 39.0 Å². The molecule has 3 aromatic rings. The molecule has 0 atom stereocenters. The Balaban J connectivity index is 1.27. The van der Waals surface area contributed by atoms with E-state index in [1.54, 1.807) is 4.52 Å². The van der Waals surface area contributed by atoms with Gasteiger partial charge in [0, 0.05) is 49.8 Å². The number of carbonyl (C=O) groups is 2. The largest absolute Gasteiger partial charge is 0.379 e. The summed E-state index contributed by atoms with van der Waals surface area (Å²) in [6, 6.07) is 13.4. The molecule has 2 fully saturated rings. The van der Waals surface area contributed by atoms with Gasteiger partial charge in [0.15, 0.2) is 5.65 Å². The Bertz CT molecular complexity index is 1210. The van der Waals surface area contributed by atoms with Crippen LogP contribution in [0.5, 0.6) is 0 Å². The third kappa shape index (κ3) is 6.34. The molecule has 0 bridgehead atoms. The minimum absolute atomic E-state index is 0.0158. The van der Waals surface area contributed by atoms with Crippen molar-refractivity contribution in [1.29, 1.82) is 0 Å². The predicted octanol–water partition coefficient (Wildman–Crippen LogP) is 3.71. The molecule has 0 spiro atoms. The number of unbranched alkanes of at least 4 members (excludes halogenated alkanes) is 1. The number of rotatable bonds is 11. The molecule has 2 aromatic heterocycles. The van der Waals surface area contributed by atoms with Crippen LogP contribution in [0, 0.1) is 5.92 Å². The van der Waals surface area contributed by atoms with E-state index in [1.807, 2.05) is 47.4 Å². The smallest absolute Gasteiger partial charge is 0.253 e.